The molecule has 2 N–H and O–H groups in total. The van der Waals surface area contributed by atoms with E-state index in [1.54, 1.807) is 0 Å². The van der Waals surface area contributed by atoms with Gasteiger partial charge >= 0.3 is 5.97 Å². The lowest BCUT2D eigenvalue weighted by Crippen LogP contribution is -2.40. The predicted octanol–water partition coefficient (Wildman–Crippen LogP) is 2.09. The molecule has 0 amide bonds. The maximum absolute atomic E-state index is 11.4. The Balaban J connectivity index is 2.03. The second-order valence-corrected chi connectivity index (χ2v) is 5.83. The van der Waals surface area contributed by atoms with Crippen LogP contribution >= 0.6 is 0 Å². The quantitative estimate of drug-likeness (QED) is 0.732. The molecular weight excluding hydrogens is 202 g/mol. The summed E-state index contributed by atoms with van der Waals surface area (Å²) in [5.41, 5.74) is 5.80. The standard InChI is InChI=1S/C13H23NO2/c1-9(2)10-3-5-13(6-4-10)7-12(15)16-11(13)8-14/h9-11H,3-8,14H2,1-2H3. The van der Waals surface area contributed by atoms with Gasteiger partial charge in [0.2, 0.25) is 0 Å². The van der Waals surface area contributed by atoms with Gasteiger partial charge in [-0.3, -0.25) is 4.79 Å². The predicted molar refractivity (Wildman–Crippen MR) is 62.8 cm³/mol. The molecule has 1 saturated carbocycles. The fourth-order valence-electron chi connectivity index (χ4n) is 3.41. The summed E-state index contributed by atoms with van der Waals surface area (Å²) in [5, 5.41) is 0. The summed E-state index contributed by atoms with van der Waals surface area (Å²) < 4.78 is 5.34. The molecule has 1 unspecified atom stereocenters. The third-order valence-electron chi connectivity index (χ3n) is 4.64. The first-order chi connectivity index (χ1) is 7.57. The Morgan fingerprint density at radius 2 is 2.06 bits per heavy atom. The maximum Gasteiger partial charge on any atom is 0.306 e. The van der Waals surface area contributed by atoms with Gasteiger partial charge in [-0.1, -0.05) is 13.8 Å². The van der Waals surface area contributed by atoms with Crippen LogP contribution in [-0.4, -0.2) is 18.6 Å². The van der Waals surface area contributed by atoms with Crippen LogP contribution in [0.4, 0.5) is 0 Å². The molecule has 3 heteroatoms. The number of nitrogens with two attached hydrogens (primary N) is 1. The van der Waals surface area contributed by atoms with Crippen molar-refractivity contribution in [1.29, 1.82) is 0 Å². The van der Waals surface area contributed by atoms with Crippen LogP contribution in [0, 0.1) is 17.3 Å². The molecule has 16 heavy (non-hydrogen) atoms. The first kappa shape index (κ1) is 11.9. The van der Waals surface area contributed by atoms with Crippen molar-refractivity contribution in [3.05, 3.63) is 0 Å². The van der Waals surface area contributed by atoms with Gasteiger partial charge in [0.15, 0.2) is 0 Å². The molecule has 0 bridgehead atoms. The molecule has 2 rings (SSSR count). The molecule has 1 spiro atoms. The normalized spacial score (nSPS) is 39.4. The van der Waals surface area contributed by atoms with Crippen molar-refractivity contribution in [3.63, 3.8) is 0 Å². The van der Waals surface area contributed by atoms with Crippen LogP contribution in [0.3, 0.4) is 0 Å². The van der Waals surface area contributed by atoms with Gasteiger partial charge in [0, 0.05) is 12.0 Å². The Hall–Kier alpha value is -0.570. The fraction of sp³-hybridized carbons (Fsp3) is 0.923. The van der Waals surface area contributed by atoms with E-state index in [4.69, 9.17) is 10.5 Å². The molecule has 1 saturated heterocycles. The van der Waals surface area contributed by atoms with E-state index < -0.39 is 0 Å². The molecule has 3 nitrogen and oxygen atoms in total. The highest BCUT2D eigenvalue weighted by atomic mass is 16.6. The fourth-order valence-corrected chi connectivity index (χ4v) is 3.41. The Morgan fingerprint density at radius 1 is 1.44 bits per heavy atom. The number of hydrogen-bond acceptors (Lipinski definition) is 3. The van der Waals surface area contributed by atoms with Crippen LogP contribution in [-0.2, 0) is 9.53 Å². The SMILES string of the molecule is CC(C)C1CCC2(CC1)CC(=O)OC2CN. The zero-order chi connectivity index (χ0) is 11.8. The largest absolute Gasteiger partial charge is 0.460 e. The van der Waals surface area contributed by atoms with Crippen LogP contribution < -0.4 is 5.73 Å². The van der Waals surface area contributed by atoms with Gasteiger partial charge in [0.25, 0.3) is 0 Å². The minimum absolute atomic E-state index is 0.0203. The number of hydrogen-bond donors (Lipinski definition) is 1. The summed E-state index contributed by atoms with van der Waals surface area (Å²) >= 11 is 0. The number of cyclic esters (lactones) is 1. The average molecular weight is 225 g/mol. The van der Waals surface area contributed by atoms with E-state index in [9.17, 15) is 4.79 Å². The highest BCUT2D eigenvalue weighted by Crippen LogP contribution is 2.49. The minimum atomic E-state index is -0.0431. The zero-order valence-corrected chi connectivity index (χ0v) is 10.4. The lowest BCUT2D eigenvalue weighted by molar-refractivity contribution is -0.141. The summed E-state index contributed by atoms with van der Waals surface area (Å²) in [4.78, 5) is 11.4. The summed E-state index contributed by atoms with van der Waals surface area (Å²) in [6.07, 6.45) is 5.26. The van der Waals surface area contributed by atoms with Gasteiger partial charge in [0.1, 0.15) is 6.10 Å². The van der Waals surface area contributed by atoms with Crippen LogP contribution in [0.15, 0.2) is 0 Å². The first-order valence-electron chi connectivity index (χ1n) is 6.47. The molecule has 0 radical (unpaired) electrons. The Bertz CT molecular complexity index is 267. The molecule has 0 aromatic carbocycles. The van der Waals surface area contributed by atoms with Gasteiger partial charge in [-0.15, -0.1) is 0 Å². The molecule has 0 aromatic heterocycles. The van der Waals surface area contributed by atoms with Crippen LogP contribution in [0.1, 0.15) is 46.0 Å². The number of carbonyl (C=O) groups is 1. The summed E-state index contributed by atoms with van der Waals surface area (Å²) in [6, 6.07) is 0. The Labute approximate surface area is 97.7 Å². The molecule has 2 aliphatic rings. The van der Waals surface area contributed by atoms with Gasteiger partial charge in [0.05, 0.1) is 6.42 Å². The summed E-state index contributed by atoms with van der Waals surface area (Å²) in [6.45, 7) is 5.07. The number of carbonyl (C=O) groups excluding carboxylic acids is 1. The molecule has 2 fully saturated rings. The zero-order valence-electron chi connectivity index (χ0n) is 10.4. The monoisotopic (exact) mass is 225 g/mol. The summed E-state index contributed by atoms with van der Waals surface area (Å²) in [5.74, 6) is 1.53. The number of esters is 1. The number of rotatable bonds is 2. The lowest BCUT2D eigenvalue weighted by Gasteiger charge is -2.40. The highest BCUT2D eigenvalue weighted by Gasteiger charge is 2.49. The van der Waals surface area contributed by atoms with Gasteiger partial charge in [-0.25, -0.2) is 0 Å². The van der Waals surface area contributed by atoms with E-state index in [2.05, 4.69) is 13.8 Å². The van der Waals surface area contributed by atoms with Crippen LogP contribution in [0.2, 0.25) is 0 Å². The van der Waals surface area contributed by atoms with Gasteiger partial charge in [-0.2, -0.15) is 0 Å². The average Bonchev–Trinajstić information content (AvgIpc) is 2.55. The first-order valence-corrected chi connectivity index (χ1v) is 6.47. The van der Waals surface area contributed by atoms with Crippen LogP contribution in [0.5, 0.6) is 0 Å². The van der Waals surface area contributed by atoms with Crippen molar-refractivity contribution in [2.24, 2.45) is 23.0 Å². The van der Waals surface area contributed by atoms with Crippen molar-refractivity contribution in [3.8, 4) is 0 Å². The van der Waals surface area contributed by atoms with Gasteiger partial charge in [-0.05, 0) is 37.5 Å². The van der Waals surface area contributed by atoms with Crippen molar-refractivity contribution in [1.82, 2.24) is 0 Å². The maximum atomic E-state index is 11.4. The second kappa shape index (κ2) is 4.36. The van der Waals surface area contributed by atoms with Crippen molar-refractivity contribution >= 4 is 5.97 Å². The van der Waals surface area contributed by atoms with E-state index in [1.165, 1.54) is 12.8 Å². The molecule has 1 aliphatic carbocycles. The molecule has 1 aliphatic heterocycles. The van der Waals surface area contributed by atoms with E-state index in [-0.39, 0.29) is 17.5 Å². The number of ether oxygens (including phenoxy) is 1. The van der Waals surface area contributed by atoms with E-state index in [0.29, 0.717) is 13.0 Å². The van der Waals surface area contributed by atoms with E-state index in [1.807, 2.05) is 0 Å². The molecule has 0 aromatic rings. The van der Waals surface area contributed by atoms with Crippen molar-refractivity contribution in [2.75, 3.05) is 6.54 Å². The van der Waals surface area contributed by atoms with Gasteiger partial charge < -0.3 is 10.5 Å². The van der Waals surface area contributed by atoms with Crippen LogP contribution in [0.25, 0.3) is 0 Å². The molecule has 92 valence electrons. The second-order valence-electron chi connectivity index (χ2n) is 5.83. The highest BCUT2D eigenvalue weighted by molar-refractivity contribution is 5.73. The third kappa shape index (κ3) is 1.97. The van der Waals surface area contributed by atoms with Crippen molar-refractivity contribution in [2.45, 2.75) is 52.1 Å². The van der Waals surface area contributed by atoms with Crippen molar-refractivity contribution < 1.29 is 9.53 Å². The Kier molecular flexibility index (Phi) is 3.24. The molecule has 1 heterocycles. The molecular formula is C13H23NO2. The van der Waals surface area contributed by atoms with E-state index in [0.717, 1.165) is 24.7 Å². The lowest BCUT2D eigenvalue weighted by atomic mass is 9.65. The minimum Gasteiger partial charge on any atom is -0.460 e. The smallest absolute Gasteiger partial charge is 0.306 e. The summed E-state index contributed by atoms with van der Waals surface area (Å²) in [7, 11) is 0. The Morgan fingerprint density at radius 3 is 2.56 bits per heavy atom. The molecule has 1 atom stereocenters. The van der Waals surface area contributed by atoms with E-state index >= 15 is 0 Å². The third-order valence-corrected chi connectivity index (χ3v) is 4.64. The topological polar surface area (TPSA) is 52.3 Å².